The summed E-state index contributed by atoms with van der Waals surface area (Å²) in [5.74, 6) is -0.413. The van der Waals surface area contributed by atoms with Crippen molar-refractivity contribution in [2.45, 2.75) is 52.4 Å². The molecule has 0 aliphatic carbocycles. The Kier molecular flexibility index (Phi) is 7.36. The first-order chi connectivity index (χ1) is 19.6. The number of esters is 1. The fourth-order valence-electron chi connectivity index (χ4n) is 5.21. The van der Waals surface area contributed by atoms with Crippen molar-refractivity contribution in [3.05, 3.63) is 70.9 Å². The highest BCUT2D eigenvalue weighted by Gasteiger charge is 2.33. The van der Waals surface area contributed by atoms with Gasteiger partial charge >= 0.3 is 5.97 Å². The standard InChI is InChI=1S/C32H32ClN3O4S/c1-6-39-31(37)28(40-32(3,4)5)26-18(2)13-24-29(27(26)19-7-10-22(33)11-8-19)41-30(35-24)20-9-12-25-21(14-20)15-34-36(25)23-16-38-17-23/h7-15,23,28H,6,16-17H2,1-5H3/t28-/m0/s1. The fraction of sp³-hybridized carbons (Fsp3) is 0.344. The van der Waals surface area contributed by atoms with Crippen LogP contribution in [0.3, 0.4) is 0 Å². The maximum Gasteiger partial charge on any atom is 0.339 e. The van der Waals surface area contributed by atoms with Crippen molar-refractivity contribution in [3.8, 4) is 21.7 Å². The van der Waals surface area contributed by atoms with Gasteiger partial charge in [0.05, 0.1) is 53.4 Å². The Morgan fingerprint density at radius 3 is 2.54 bits per heavy atom. The number of aryl methyl sites for hydroxylation is 1. The van der Waals surface area contributed by atoms with Crippen molar-refractivity contribution in [2.24, 2.45) is 0 Å². The Labute approximate surface area is 248 Å². The number of thiazole rings is 1. The second-order valence-corrected chi connectivity index (χ2v) is 12.7. The summed E-state index contributed by atoms with van der Waals surface area (Å²) in [6.45, 7) is 11.3. The van der Waals surface area contributed by atoms with Gasteiger partial charge in [-0.05, 0) is 82.1 Å². The molecule has 41 heavy (non-hydrogen) atoms. The number of benzene rings is 3. The number of carbonyl (C=O) groups excluding carboxylic acids is 1. The van der Waals surface area contributed by atoms with Crippen molar-refractivity contribution in [2.75, 3.05) is 19.8 Å². The predicted octanol–water partition coefficient (Wildman–Crippen LogP) is 7.93. The van der Waals surface area contributed by atoms with Crippen molar-refractivity contribution >= 4 is 50.0 Å². The number of fused-ring (bicyclic) bond motifs is 2. The number of rotatable bonds is 7. The highest BCUT2D eigenvalue weighted by Crippen LogP contribution is 2.45. The molecular formula is C32H32ClN3O4S. The molecule has 6 rings (SSSR count). The SMILES string of the molecule is CCOC(=O)[C@@H](OC(C)(C)C)c1c(C)cc2nc(-c3ccc4c(cnn4C4COC4)c3)sc2c1-c1ccc(Cl)cc1. The van der Waals surface area contributed by atoms with Crippen molar-refractivity contribution in [1.82, 2.24) is 14.8 Å². The molecule has 9 heteroatoms. The summed E-state index contributed by atoms with van der Waals surface area (Å²) in [6, 6.07) is 16.3. The lowest BCUT2D eigenvalue weighted by atomic mass is 9.91. The molecule has 0 amide bonds. The van der Waals surface area contributed by atoms with Gasteiger partial charge in [-0.3, -0.25) is 4.68 Å². The summed E-state index contributed by atoms with van der Waals surface area (Å²) in [5, 5.41) is 7.20. The van der Waals surface area contributed by atoms with Gasteiger partial charge in [-0.15, -0.1) is 11.3 Å². The molecule has 1 fully saturated rings. The average molecular weight is 590 g/mol. The molecule has 1 aliphatic rings. The van der Waals surface area contributed by atoms with Crippen molar-refractivity contribution < 1.29 is 19.0 Å². The molecule has 0 N–H and O–H groups in total. The van der Waals surface area contributed by atoms with Crippen molar-refractivity contribution in [1.29, 1.82) is 0 Å². The van der Waals surface area contributed by atoms with E-state index in [1.165, 1.54) is 0 Å². The Hall–Kier alpha value is -3.30. The molecule has 5 aromatic rings. The first-order valence-electron chi connectivity index (χ1n) is 13.7. The Balaban J connectivity index is 1.54. The second kappa shape index (κ2) is 10.8. The zero-order valence-electron chi connectivity index (χ0n) is 23.7. The van der Waals surface area contributed by atoms with Crippen LogP contribution in [-0.4, -0.2) is 46.2 Å². The third-order valence-corrected chi connectivity index (χ3v) is 8.49. The molecule has 0 spiro atoms. The van der Waals surface area contributed by atoms with Crippen LogP contribution in [0.25, 0.3) is 42.8 Å². The molecule has 2 aromatic heterocycles. The second-order valence-electron chi connectivity index (χ2n) is 11.3. The number of aromatic nitrogens is 3. The molecule has 1 saturated heterocycles. The van der Waals surface area contributed by atoms with Crippen LogP contribution in [0.1, 0.15) is 51.0 Å². The van der Waals surface area contributed by atoms with Gasteiger partial charge in [-0.1, -0.05) is 23.7 Å². The highest BCUT2D eigenvalue weighted by molar-refractivity contribution is 7.22. The van der Waals surface area contributed by atoms with E-state index in [0.29, 0.717) is 18.2 Å². The van der Waals surface area contributed by atoms with Gasteiger partial charge in [0.15, 0.2) is 6.10 Å². The maximum absolute atomic E-state index is 13.4. The average Bonchev–Trinajstić information content (AvgIpc) is 3.50. The smallest absolute Gasteiger partial charge is 0.339 e. The largest absolute Gasteiger partial charge is 0.464 e. The van der Waals surface area contributed by atoms with Crippen LogP contribution in [0.4, 0.5) is 0 Å². The first-order valence-corrected chi connectivity index (χ1v) is 14.9. The molecule has 1 aliphatic heterocycles. The lowest BCUT2D eigenvalue weighted by Gasteiger charge is -2.29. The lowest BCUT2D eigenvalue weighted by Crippen LogP contribution is -2.31. The minimum Gasteiger partial charge on any atom is -0.464 e. The third-order valence-electron chi connectivity index (χ3n) is 7.10. The van der Waals surface area contributed by atoms with Gasteiger partial charge in [-0.2, -0.15) is 5.10 Å². The van der Waals surface area contributed by atoms with Gasteiger partial charge < -0.3 is 14.2 Å². The summed E-state index contributed by atoms with van der Waals surface area (Å²) < 4.78 is 20.3. The zero-order valence-corrected chi connectivity index (χ0v) is 25.3. The van der Waals surface area contributed by atoms with Gasteiger partial charge in [0.2, 0.25) is 0 Å². The molecule has 0 radical (unpaired) electrons. The van der Waals surface area contributed by atoms with Crippen molar-refractivity contribution in [3.63, 3.8) is 0 Å². The summed E-state index contributed by atoms with van der Waals surface area (Å²) in [5.41, 5.74) is 5.89. The van der Waals surface area contributed by atoms with Gasteiger partial charge in [0, 0.05) is 27.1 Å². The summed E-state index contributed by atoms with van der Waals surface area (Å²) >= 11 is 7.87. The first kappa shape index (κ1) is 27.8. The van der Waals surface area contributed by atoms with E-state index >= 15 is 0 Å². The van der Waals surface area contributed by atoms with Crippen LogP contribution in [0.15, 0.2) is 54.7 Å². The molecule has 0 bridgehead atoms. The lowest BCUT2D eigenvalue weighted by molar-refractivity contribution is -0.166. The Morgan fingerprint density at radius 2 is 1.88 bits per heavy atom. The van der Waals surface area contributed by atoms with E-state index in [1.54, 1.807) is 18.3 Å². The van der Waals surface area contributed by atoms with E-state index in [4.69, 9.17) is 30.8 Å². The summed E-state index contributed by atoms with van der Waals surface area (Å²) in [6.07, 6.45) is 0.993. The third kappa shape index (κ3) is 5.37. The number of ether oxygens (including phenoxy) is 3. The van der Waals surface area contributed by atoms with Crippen LogP contribution in [0.2, 0.25) is 5.02 Å². The Morgan fingerprint density at radius 1 is 1.15 bits per heavy atom. The topological polar surface area (TPSA) is 75.5 Å². The van der Waals surface area contributed by atoms with E-state index in [2.05, 4.69) is 23.3 Å². The fourth-order valence-corrected chi connectivity index (χ4v) is 6.46. The normalized spacial score (nSPS) is 14.9. The molecule has 1 atom stereocenters. The van der Waals surface area contributed by atoms with E-state index in [-0.39, 0.29) is 12.6 Å². The van der Waals surface area contributed by atoms with Crippen LogP contribution < -0.4 is 0 Å². The van der Waals surface area contributed by atoms with Gasteiger partial charge in [0.1, 0.15) is 5.01 Å². The van der Waals surface area contributed by atoms with E-state index in [1.807, 2.05) is 68.9 Å². The monoisotopic (exact) mass is 589 g/mol. The number of carbonyl (C=O) groups is 1. The molecule has 0 unspecified atom stereocenters. The molecular weight excluding hydrogens is 558 g/mol. The zero-order chi connectivity index (χ0) is 28.9. The molecule has 3 aromatic carbocycles. The van der Waals surface area contributed by atoms with E-state index in [9.17, 15) is 4.79 Å². The minimum atomic E-state index is -0.909. The van der Waals surface area contributed by atoms with Gasteiger partial charge in [0.25, 0.3) is 0 Å². The number of halogens is 1. The summed E-state index contributed by atoms with van der Waals surface area (Å²) in [4.78, 5) is 18.4. The van der Waals surface area contributed by atoms with Gasteiger partial charge in [-0.25, -0.2) is 9.78 Å². The molecule has 0 saturated carbocycles. The molecule has 212 valence electrons. The minimum absolute atomic E-state index is 0.262. The van der Waals surface area contributed by atoms with Crippen LogP contribution in [0, 0.1) is 6.92 Å². The summed E-state index contributed by atoms with van der Waals surface area (Å²) in [7, 11) is 0. The number of hydrogen-bond acceptors (Lipinski definition) is 7. The van der Waals surface area contributed by atoms with E-state index in [0.717, 1.165) is 53.9 Å². The van der Waals surface area contributed by atoms with E-state index < -0.39 is 17.7 Å². The molecule has 3 heterocycles. The van der Waals surface area contributed by atoms with Crippen LogP contribution >= 0.6 is 22.9 Å². The Bertz CT molecular complexity index is 1750. The molecule has 7 nitrogen and oxygen atoms in total. The predicted molar refractivity (Wildman–Crippen MR) is 164 cm³/mol. The quantitative estimate of drug-likeness (QED) is 0.179. The number of hydrogen-bond donors (Lipinski definition) is 0. The number of nitrogens with zero attached hydrogens (tertiary/aromatic N) is 3. The highest BCUT2D eigenvalue weighted by atomic mass is 35.5. The maximum atomic E-state index is 13.4. The van der Waals surface area contributed by atoms with Crippen LogP contribution in [-0.2, 0) is 19.0 Å². The van der Waals surface area contributed by atoms with Crippen LogP contribution in [0.5, 0.6) is 0 Å².